The van der Waals surface area contributed by atoms with Gasteiger partial charge >= 0.3 is 0 Å². The normalized spacial score (nSPS) is 18.1. The van der Waals surface area contributed by atoms with Crippen LogP contribution in [0.25, 0.3) is 0 Å². The predicted octanol–water partition coefficient (Wildman–Crippen LogP) is 3.05. The summed E-state index contributed by atoms with van der Waals surface area (Å²) in [5.41, 5.74) is 1.26. The van der Waals surface area contributed by atoms with Crippen molar-refractivity contribution in [1.29, 1.82) is 0 Å². The van der Waals surface area contributed by atoms with Gasteiger partial charge in [0.05, 0.1) is 4.88 Å². The topological polar surface area (TPSA) is 57.7 Å². The molecular formula is C19H20F2N2O3S2. The number of sulfonamides is 1. The van der Waals surface area contributed by atoms with Gasteiger partial charge < -0.3 is 4.90 Å². The minimum atomic E-state index is -4.07. The number of nitrogens with zero attached hydrogens (tertiary/aromatic N) is 2. The Labute approximate surface area is 166 Å². The average Bonchev–Trinajstić information content (AvgIpc) is 3.11. The summed E-state index contributed by atoms with van der Waals surface area (Å²) in [4.78, 5) is 15.9. The Kier molecular flexibility index (Phi) is 5.24. The Morgan fingerprint density at radius 1 is 1.00 bits per heavy atom. The molecule has 0 radical (unpaired) electrons. The summed E-state index contributed by atoms with van der Waals surface area (Å²) in [6, 6.07) is 4.39. The van der Waals surface area contributed by atoms with Gasteiger partial charge in [-0.3, -0.25) is 4.79 Å². The van der Waals surface area contributed by atoms with Crippen molar-refractivity contribution in [3.05, 3.63) is 51.2 Å². The first-order valence-corrected chi connectivity index (χ1v) is 11.5. The van der Waals surface area contributed by atoms with Gasteiger partial charge in [-0.1, -0.05) is 0 Å². The standard InChI is InChI=1S/C19H20F2N2O3S2/c20-14-5-6-18(15(21)12-14)28(25,26)23-9-7-22(8-10-23)19(24)17-11-13-3-1-2-4-16(13)27-17/h5-6,11-12H,1-4,7-10H2. The summed E-state index contributed by atoms with van der Waals surface area (Å²) in [6.45, 7) is 0.638. The third-order valence-corrected chi connectivity index (χ3v) is 8.40. The minimum Gasteiger partial charge on any atom is -0.335 e. The lowest BCUT2D eigenvalue weighted by molar-refractivity contribution is 0.0702. The molecule has 0 unspecified atom stereocenters. The number of benzene rings is 1. The Bertz CT molecular complexity index is 989. The van der Waals surface area contributed by atoms with Crippen LogP contribution in [0, 0.1) is 11.6 Å². The second-order valence-corrected chi connectivity index (χ2v) is 10.1. The highest BCUT2D eigenvalue weighted by Crippen LogP contribution is 2.31. The van der Waals surface area contributed by atoms with E-state index in [0.29, 0.717) is 10.9 Å². The van der Waals surface area contributed by atoms with Crippen molar-refractivity contribution in [3.8, 4) is 0 Å². The van der Waals surface area contributed by atoms with Crippen LogP contribution in [0.2, 0.25) is 0 Å². The van der Waals surface area contributed by atoms with E-state index in [1.807, 2.05) is 6.07 Å². The van der Waals surface area contributed by atoms with Gasteiger partial charge in [-0.15, -0.1) is 11.3 Å². The number of carbonyl (C=O) groups is 1. The summed E-state index contributed by atoms with van der Waals surface area (Å²) < 4.78 is 53.5. The molecular weight excluding hydrogens is 406 g/mol. The summed E-state index contributed by atoms with van der Waals surface area (Å²) in [5, 5.41) is 0. The molecule has 0 atom stereocenters. The fourth-order valence-electron chi connectivity index (χ4n) is 3.71. The number of aryl methyl sites for hydroxylation is 2. The van der Waals surface area contributed by atoms with E-state index in [1.165, 1.54) is 21.8 Å². The molecule has 28 heavy (non-hydrogen) atoms. The second-order valence-electron chi connectivity index (χ2n) is 7.04. The molecule has 2 aliphatic rings. The molecule has 2 heterocycles. The van der Waals surface area contributed by atoms with E-state index < -0.39 is 26.6 Å². The number of thiophene rings is 1. The van der Waals surface area contributed by atoms with Gasteiger partial charge in [0, 0.05) is 37.1 Å². The predicted molar refractivity (Wildman–Crippen MR) is 102 cm³/mol. The number of amides is 1. The quantitative estimate of drug-likeness (QED) is 0.758. The van der Waals surface area contributed by atoms with Crippen molar-refractivity contribution in [2.45, 2.75) is 30.6 Å². The molecule has 0 N–H and O–H groups in total. The molecule has 4 rings (SSSR count). The maximum Gasteiger partial charge on any atom is 0.264 e. The largest absolute Gasteiger partial charge is 0.335 e. The summed E-state index contributed by atoms with van der Waals surface area (Å²) >= 11 is 1.54. The van der Waals surface area contributed by atoms with Crippen LogP contribution in [0.15, 0.2) is 29.2 Å². The molecule has 150 valence electrons. The zero-order valence-electron chi connectivity index (χ0n) is 15.2. The number of carbonyl (C=O) groups excluding carboxylic acids is 1. The molecule has 0 spiro atoms. The lowest BCUT2D eigenvalue weighted by Gasteiger charge is -2.33. The Morgan fingerprint density at radius 3 is 2.39 bits per heavy atom. The van der Waals surface area contributed by atoms with Gasteiger partial charge in [0.15, 0.2) is 0 Å². The molecule has 0 bridgehead atoms. The highest BCUT2D eigenvalue weighted by Gasteiger charge is 2.33. The van der Waals surface area contributed by atoms with Crippen molar-refractivity contribution >= 4 is 27.3 Å². The fourth-order valence-corrected chi connectivity index (χ4v) is 6.40. The molecule has 5 nitrogen and oxygen atoms in total. The van der Waals surface area contributed by atoms with E-state index in [1.54, 1.807) is 4.90 Å². The van der Waals surface area contributed by atoms with Gasteiger partial charge in [0.1, 0.15) is 16.5 Å². The highest BCUT2D eigenvalue weighted by molar-refractivity contribution is 7.89. The zero-order valence-corrected chi connectivity index (χ0v) is 16.8. The SMILES string of the molecule is O=C(c1cc2c(s1)CCCC2)N1CCN(S(=O)(=O)c2ccc(F)cc2F)CC1. The van der Waals surface area contributed by atoms with Crippen LogP contribution in [-0.4, -0.2) is 49.7 Å². The number of piperazine rings is 1. The third kappa shape index (κ3) is 3.58. The number of hydrogen-bond acceptors (Lipinski definition) is 4. The first kappa shape index (κ1) is 19.5. The van der Waals surface area contributed by atoms with Crippen LogP contribution >= 0.6 is 11.3 Å². The van der Waals surface area contributed by atoms with Crippen LogP contribution < -0.4 is 0 Å². The van der Waals surface area contributed by atoms with Crippen molar-refractivity contribution in [2.24, 2.45) is 0 Å². The molecule has 1 aromatic heterocycles. The Hall–Kier alpha value is -1.84. The number of fused-ring (bicyclic) bond motifs is 1. The maximum absolute atomic E-state index is 13.9. The van der Waals surface area contributed by atoms with Crippen LogP contribution in [0.1, 0.15) is 33.0 Å². The van der Waals surface area contributed by atoms with E-state index in [4.69, 9.17) is 0 Å². The maximum atomic E-state index is 13.9. The van der Waals surface area contributed by atoms with Gasteiger partial charge in [-0.2, -0.15) is 4.31 Å². The van der Waals surface area contributed by atoms with Crippen LogP contribution in [0.4, 0.5) is 8.78 Å². The lowest BCUT2D eigenvalue weighted by atomic mass is 9.99. The van der Waals surface area contributed by atoms with Crippen LogP contribution in [0.5, 0.6) is 0 Å². The number of rotatable bonds is 3. The monoisotopic (exact) mass is 426 g/mol. The fraction of sp³-hybridized carbons (Fsp3) is 0.421. The van der Waals surface area contributed by atoms with E-state index >= 15 is 0 Å². The summed E-state index contributed by atoms with van der Waals surface area (Å²) in [5.74, 6) is -2.02. The van der Waals surface area contributed by atoms with Gasteiger partial charge in [-0.05, 0) is 49.4 Å². The lowest BCUT2D eigenvalue weighted by Crippen LogP contribution is -2.50. The van der Waals surface area contributed by atoms with E-state index in [0.717, 1.165) is 42.1 Å². The molecule has 2 aromatic rings. The molecule has 1 fully saturated rings. The molecule has 1 saturated heterocycles. The Morgan fingerprint density at radius 2 is 1.71 bits per heavy atom. The van der Waals surface area contributed by atoms with Crippen molar-refractivity contribution in [1.82, 2.24) is 9.21 Å². The van der Waals surface area contributed by atoms with E-state index in [2.05, 4.69) is 0 Å². The minimum absolute atomic E-state index is 0.0792. The highest BCUT2D eigenvalue weighted by atomic mass is 32.2. The summed E-state index contributed by atoms with van der Waals surface area (Å²) in [6.07, 6.45) is 4.32. The van der Waals surface area contributed by atoms with Crippen molar-refractivity contribution in [2.75, 3.05) is 26.2 Å². The molecule has 1 aliphatic carbocycles. The average molecular weight is 427 g/mol. The van der Waals surface area contributed by atoms with E-state index in [-0.39, 0.29) is 32.1 Å². The van der Waals surface area contributed by atoms with Crippen LogP contribution in [-0.2, 0) is 22.9 Å². The molecule has 9 heteroatoms. The Balaban J connectivity index is 1.45. The molecule has 1 aliphatic heterocycles. The molecule has 1 amide bonds. The first-order chi connectivity index (χ1) is 13.4. The molecule has 1 aromatic carbocycles. The van der Waals surface area contributed by atoms with Crippen LogP contribution in [0.3, 0.4) is 0 Å². The second kappa shape index (κ2) is 7.53. The van der Waals surface area contributed by atoms with Gasteiger partial charge in [0.2, 0.25) is 10.0 Å². The number of halogens is 2. The third-order valence-electron chi connectivity index (χ3n) is 5.24. The van der Waals surface area contributed by atoms with Gasteiger partial charge in [-0.25, -0.2) is 17.2 Å². The smallest absolute Gasteiger partial charge is 0.264 e. The number of hydrogen-bond donors (Lipinski definition) is 0. The van der Waals surface area contributed by atoms with E-state index in [9.17, 15) is 22.0 Å². The van der Waals surface area contributed by atoms with Gasteiger partial charge in [0.25, 0.3) is 5.91 Å². The van der Waals surface area contributed by atoms with Crippen molar-refractivity contribution < 1.29 is 22.0 Å². The molecule has 0 saturated carbocycles. The zero-order chi connectivity index (χ0) is 19.9. The van der Waals surface area contributed by atoms with Crippen molar-refractivity contribution in [3.63, 3.8) is 0 Å². The first-order valence-electron chi connectivity index (χ1n) is 9.22. The summed E-state index contributed by atoms with van der Waals surface area (Å²) in [7, 11) is -4.07.